The Morgan fingerprint density at radius 2 is 1.58 bits per heavy atom. The van der Waals surface area contributed by atoms with Gasteiger partial charge in [0, 0.05) is 19.2 Å². The molecule has 2 aliphatic rings. The minimum Gasteiger partial charge on any atom is -0.478 e. The lowest BCUT2D eigenvalue weighted by molar-refractivity contribution is -0.126. The van der Waals surface area contributed by atoms with Crippen molar-refractivity contribution < 1.29 is 37.0 Å². The van der Waals surface area contributed by atoms with E-state index in [2.05, 4.69) is 16.0 Å². The lowest BCUT2D eigenvalue weighted by Gasteiger charge is -2.46. The van der Waals surface area contributed by atoms with Crippen molar-refractivity contribution in [3.63, 3.8) is 0 Å². The first-order valence-corrected chi connectivity index (χ1v) is 13.7. The first kappa shape index (κ1) is 29.8. The fourth-order valence-electron chi connectivity index (χ4n) is 6.31. The van der Waals surface area contributed by atoms with Crippen LogP contribution in [0, 0.1) is 46.4 Å². The van der Waals surface area contributed by atoms with Crippen molar-refractivity contribution in [3.8, 4) is 6.07 Å². The molecule has 1 aliphatic carbocycles. The van der Waals surface area contributed by atoms with E-state index in [0.717, 1.165) is 37.5 Å². The van der Waals surface area contributed by atoms with Crippen molar-refractivity contribution in [2.45, 2.75) is 43.9 Å². The molecule has 43 heavy (non-hydrogen) atoms. The lowest BCUT2D eigenvalue weighted by Crippen LogP contribution is -2.60. The van der Waals surface area contributed by atoms with E-state index in [1.54, 1.807) is 6.07 Å². The van der Waals surface area contributed by atoms with Crippen molar-refractivity contribution in [3.05, 3.63) is 88.5 Å². The Morgan fingerprint density at radius 3 is 2.12 bits per heavy atom. The Kier molecular flexibility index (Phi) is 8.28. The highest BCUT2D eigenvalue weighted by atomic mass is 19.2. The summed E-state index contributed by atoms with van der Waals surface area (Å²) >= 11 is 0. The van der Waals surface area contributed by atoms with Crippen LogP contribution in [0.15, 0.2) is 48.5 Å². The molecule has 8 nitrogen and oxygen atoms in total. The highest BCUT2D eigenvalue weighted by molar-refractivity contribution is 5.98. The molecule has 3 aromatic rings. The number of aromatic carboxylic acids is 1. The quantitative estimate of drug-likeness (QED) is 0.217. The monoisotopic (exact) mass is 596 g/mol. The van der Waals surface area contributed by atoms with E-state index in [-0.39, 0.29) is 17.3 Å². The summed E-state index contributed by atoms with van der Waals surface area (Å²) < 4.78 is 63.8. The fraction of sp³-hybridized carbons (Fsp3) is 0.323. The molecule has 1 heterocycles. The van der Waals surface area contributed by atoms with Crippen LogP contribution in [0.1, 0.15) is 59.7 Å². The first-order chi connectivity index (χ1) is 20.6. The van der Waals surface area contributed by atoms with Gasteiger partial charge in [0.1, 0.15) is 23.8 Å². The molecule has 2 unspecified atom stereocenters. The fourth-order valence-corrected chi connectivity index (χ4v) is 6.31. The third-order valence-corrected chi connectivity index (χ3v) is 8.17. The summed E-state index contributed by atoms with van der Waals surface area (Å²) in [5, 5.41) is 27.8. The maximum atomic E-state index is 15.2. The number of hydrogen-bond acceptors (Lipinski definition) is 6. The Morgan fingerprint density at radius 1 is 0.977 bits per heavy atom. The van der Waals surface area contributed by atoms with Crippen LogP contribution in [0.25, 0.3) is 0 Å². The van der Waals surface area contributed by atoms with E-state index >= 15 is 4.39 Å². The number of rotatable bonds is 8. The smallest absolute Gasteiger partial charge is 0.335 e. The number of halogens is 4. The molecule has 224 valence electrons. The van der Waals surface area contributed by atoms with E-state index < -0.39 is 69.6 Å². The van der Waals surface area contributed by atoms with Crippen LogP contribution in [-0.4, -0.2) is 29.8 Å². The number of benzene rings is 3. The molecular weight excluding hydrogens is 568 g/mol. The second kappa shape index (κ2) is 11.9. The highest BCUT2D eigenvalue weighted by Gasteiger charge is 2.56. The molecule has 4 N–H and O–H groups in total. The molecule has 0 saturated heterocycles. The zero-order valence-corrected chi connectivity index (χ0v) is 23.0. The van der Waals surface area contributed by atoms with E-state index in [1.165, 1.54) is 31.4 Å². The highest BCUT2D eigenvalue weighted by Crippen LogP contribution is 2.51. The number of carbonyl (C=O) groups is 2. The van der Waals surface area contributed by atoms with Gasteiger partial charge in [-0.3, -0.25) is 4.79 Å². The van der Waals surface area contributed by atoms with Gasteiger partial charge in [0.25, 0.3) is 0 Å². The number of methoxy groups -OCH3 is 1. The molecule has 0 radical (unpaired) electrons. The number of hydrogen-bond donors (Lipinski definition) is 4. The Bertz CT molecular complexity index is 1570. The van der Waals surface area contributed by atoms with Crippen molar-refractivity contribution in [2.24, 2.45) is 11.8 Å². The summed E-state index contributed by atoms with van der Waals surface area (Å²) in [6.45, 7) is 0. The number of nitrogens with one attached hydrogen (secondary N) is 3. The SMILES string of the molecule is COC(c1ccc(F)cc1)C1(C(C(=O)Nc2c(F)cc(C(=O)O)cc2C#N)C2CCCCC2)Nc2cc(F)c(F)cc2N1. The van der Waals surface area contributed by atoms with Crippen LogP contribution in [0.2, 0.25) is 0 Å². The van der Waals surface area contributed by atoms with E-state index in [0.29, 0.717) is 24.5 Å². The zero-order chi connectivity index (χ0) is 30.9. The van der Waals surface area contributed by atoms with Crippen molar-refractivity contribution in [1.82, 2.24) is 0 Å². The predicted octanol–water partition coefficient (Wildman–Crippen LogP) is 6.57. The van der Waals surface area contributed by atoms with Crippen LogP contribution >= 0.6 is 0 Å². The van der Waals surface area contributed by atoms with Gasteiger partial charge in [-0.25, -0.2) is 22.4 Å². The summed E-state index contributed by atoms with van der Waals surface area (Å²) in [5.41, 5.74) is -2.29. The van der Waals surface area contributed by atoms with Crippen molar-refractivity contribution >= 4 is 28.9 Å². The van der Waals surface area contributed by atoms with Gasteiger partial charge in [0.05, 0.1) is 34.1 Å². The van der Waals surface area contributed by atoms with Crippen LogP contribution in [0.3, 0.4) is 0 Å². The van der Waals surface area contributed by atoms with Crippen LogP contribution in [0.5, 0.6) is 0 Å². The predicted molar refractivity (Wildman–Crippen MR) is 149 cm³/mol. The summed E-state index contributed by atoms with van der Waals surface area (Å²) in [4.78, 5) is 25.8. The third-order valence-electron chi connectivity index (χ3n) is 8.17. The number of carboxylic acid groups (broad SMARTS) is 1. The molecule has 0 spiro atoms. The summed E-state index contributed by atoms with van der Waals surface area (Å²) in [6.07, 6.45) is 2.57. The summed E-state index contributed by atoms with van der Waals surface area (Å²) in [5.74, 6) is -7.57. The number of nitriles is 1. The second-order valence-electron chi connectivity index (χ2n) is 10.8. The average molecular weight is 597 g/mol. The Balaban J connectivity index is 1.67. The van der Waals surface area contributed by atoms with Gasteiger partial charge in [-0.2, -0.15) is 5.26 Å². The Labute approximate surface area is 244 Å². The molecule has 5 rings (SSSR count). The van der Waals surface area contributed by atoms with E-state index in [4.69, 9.17) is 4.74 Å². The molecule has 1 saturated carbocycles. The third kappa shape index (κ3) is 5.60. The average Bonchev–Trinajstić information content (AvgIpc) is 3.33. The van der Waals surface area contributed by atoms with Crippen molar-refractivity contribution in [2.75, 3.05) is 23.1 Å². The molecule has 12 heteroatoms. The molecule has 1 fully saturated rings. The van der Waals surface area contributed by atoms with Gasteiger partial charge in [-0.15, -0.1) is 0 Å². The molecular formula is C31H28F4N4O4. The second-order valence-corrected chi connectivity index (χ2v) is 10.8. The zero-order valence-electron chi connectivity index (χ0n) is 23.0. The standard InChI is InChI=1S/C31H28F4N4O4/c1-43-28(17-7-9-20(32)10-8-17)31(38-24-13-21(33)22(34)14-25(24)39-31)26(16-5-3-2-4-6-16)29(40)37-27-19(15-36)11-18(30(41)42)12-23(27)35/h7-14,16,26,28,38-39H,2-6H2,1H3,(H,37,40)(H,41,42). The van der Waals surface area contributed by atoms with Gasteiger partial charge in [0.2, 0.25) is 5.91 Å². The van der Waals surface area contributed by atoms with Crippen LogP contribution in [-0.2, 0) is 9.53 Å². The number of carboxylic acids is 1. The molecule has 0 bridgehead atoms. The Hall–Kier alpha value is -4.63. The van der Waals surface area contributed by atoms with Crippen molar-refractivity contribution in [1.29, 1.82) is 5.26 Å². The number of carbonyl (C=O) groups excluding carboxylic acids is 1. The van der Waals surface area contributed by atoms with Crippen LogP contribution in [0.4, 0.5) is 34.6 Å². The van der Waals surface area contributed by atoms with Gasteiger partial charge < -0.3 is 25.8 Å². The van der Waals surface area contributed by atoms with Gasteiger partial charge in [-0.1, -0.05) is 31.4 Å². The van der Waals surface area contributed by atoms with Gasteiger partial charge in [-0.05, 0) is 48.6 Å². The molecule has 1 aliphatic heterocycles. The molecule has 1 amide bonds. The topological polar surface area (TPSA) is 123 Å². The number of anilines is 3. The summed E-state index contributed by atoms with van der Waals surface area (Å²) in [7, 11) is 1.37. The number of amides is 1. The number of fused-ring (bicyclic) bond motifs is 1. The maximum Gasteiger partial charge on any atom is 0.335 e. The van der Waals surface area contributed by atoms with Gasteiger partial charge >= 0.3 is 5.97 Å². The minimum atomic E-state index is -1.63. The lowest BCUT2D eigenvalue weighted by atomic mass is 9.70. The van der Waals surface area contributed by atoms with E-state index in [9.17, 15) is 33.1 Å². The summed E-state index contributed by atoms with van der Waals surface area (Å²) in [6, 6.07) is 10.6. The number of nitrogens with zero attached hydrogens (tertiary/aromatic N) is 1. The number of ether oxygens (including phenoxy) is 1. The van der Waals surface area contributed by atoms with Gasteiger partial charge in [0.15, 0.2) is 17.3 Å². The first-order valence-electron chi connectivity index (χ1n) is 13.7. The van der Waals surface area contributed by atoms with E-state index in [1.807, 2.05) is 0 Å². The molecule has 0 aromatic heterocycles. The molecule has 3 aromatic carbocycles. The largest absolute Gasteiger partial charge is 0.478 e. The minimum absolute atomic E-state index is 0.145. The van der Waals surface area contributed by atoms with Crippen LogP contribution < -0.4 is 16.0 Å². The normalized spacial score (nSPS) is 17.1. The molecule has 2 atom stereocenters. The maximum absolute atomic E-state index is 15.2.